The highest BCUT2D eigenvalue weighted by molar-refractivity contribution is 6.09. The summed E-state index contributed by atoms with van der Waals surface area (Å²) < 4.78 is 0. The largest absolute Gasteiger partial charge is 0.351 e. The molecule has 2 N–H and O–H groups in total. The third-order valence-corrected chi connectivity index (χ3v) is 5.25. The van der Waals surface area contributed by atoms with Crippen molar-refractivity contribution in [2.45, 2.75) is 44.7 Å². The van der Waals surface area contributed by atoms with Crippen molar-refractivity contribution in [1.82, 2.24) is 15.5 Å². The Morgan fingerprint density at radius 1 is 0.968 bits per heavy atom. The van der Waals surface area contributed by atoms with Crippen LogP contribution in [0.4, 0.5) is 4.79 Å². The first-order chi connectivity index (χ1) is 14.7. The summed E-state index contributed by atoms with van der Waals surface area (Å²) in [6.45, 7) is 4.92. The van der Waals surface area contributed by atoms with E-state index in [0.29, 0.717) is 11.1 Å². The molecule has 2 aromatic rings. The highest BCUT2D eigenvalue weighted by Gasteiger charge is 2.53. The number of hydrogen-bond acceptors (Lipinski definition) is 4. The van der Waals surface area contributed by atoms with Gasteiger partial charge < -0.3 is 10.6 Å². The summed E-state index contributed by atoms with van der Waals surface area (Å²) in [5, 5.41) is 5.65. The molecule has 1 fully saturated rings. The van der Waals surface area contributed by atoms with E-state index < -0.39 is 23.0 Å². The molecule has 7 nitrogen and oxygen atoms in total. The van der Waals surface area contributed by atoms with Gasteiger partial charge in [-0.3, -0.25) is 19.3 Å². The topological polar surface area (TPSA) is 95.6 Å². The van der Waals surface area contributed by atoms with Gasteiger partial charge in [-0.25, -0.2) is 4.79 Å². The number of amides is 4. The molecular weight excluding hydrogens is 394 g/mol. The third kappa shape index (κ3) is 4.66. The zero-order valence-corrected chi connectivity index (χ0v) is 18.0. The minimum absolute atomic E-state index is 0.0325. The number of rotatable bonds is 8. The molecule has 0 radical (unpaired) electrons. The molecule has 0 aliphatic carbocycles. The Morgan fingerprint density at radius 2 is 1.48 bits per heavy atom. The van der Waals surface area contributed by atoms with Crippen LogP contribution in [0.5, 0.6) is 0 Å². The number of nitrogens with zero attached hydrogens (tertiary/aromatic N) is 1. The lowest BCUT2D eigenvalue weighted by Gasteiger charge is -2.28. The minimum Gasteiger partial charge on any atom is -0.351 e. The number of carbonyl (C=O) groups excluding carboxylic acids is 4. The van der Waals surface area contributed by atoms with Crippen molar-refractivity contribution in [3.05, 3.63) is 71.8 Å². The van der Waals surface area contributed by atoms with Gasteiger partial charge in [-0.05, 0) is 31.9 Å². The normalized spacial score (nSPS) is 15.5. The molecule has 0 unspecified atom stereocenters. The number of Topliss-reactive ketones (excluding diaryl/α,β-unsaturated/α-hetero) is 1. The number of imide groups is 1. The summed E-state index contributed by atoms with van der Waals surface area (Å²) in [7, 11) is 0. The molecule has 162 valence electrons. The lowest BCUT2D eigenvalue weighted by Crippen LogP contribution is -2.46. The number of hydrogen-bond donors (Lipinski definition) is 2. The Bertz CT molecular complexity index is 947. The molecule has 4 amide bonds. The highest BCUT2D eigenvalue weighted by Crippen LogP contribution is 2.36. The Labute approximate surface area is 181 Å². The van der Waals surface area contributed by atoms with E-state index in [0.717, 1.165) is 4.90 Å². The van der Waals surface area contributed by atoms with E-state index >= 15 is 0 Å². The average molecular weight is 421 g/mol. The average Bonchev–Trinajstić information content (AvgIpc) is 2.97. The van der Waals surface area contributed by atoms with E-state index in [2.05, 4.69) is 10.6 Å². The molecule has 1 aliphatic heterocycles. The van der Waals surface area contributed by atoms with Crippen LogP contribution in [0.25, 0.3) is 0 Å². The summed E-state index contributed by atoms with van der Waals surface area (Å²) in [4.78, 5) is 51.2. The molecule has 1 heterocycles. The molecular formula is C24H27N3O4. The van der Waals surface area contributed by atoms with Crippen molar-refractivity contribution in [3.63, 3.8) is 0 Å². The second-order valence-corrected chi connectivity index (χ2v) is 8.43. The summed E-state index contributed by atoms with van der Waals surface area (Å²) in [6, 6.07) is 17.6. The van der Waals surface area contributed by atoms with Gasteiger partial charge in [0.2, 0.25) is 5.91 Å². The smallest absolute Gasteiger partial charge is 0.325 e. The first-order valence-electron chi connectivity index (χ1n) is 10.2. The molecule has 0 saturated carbocycles. The van der Waals surface area contributed by atoms with Gasteiger partial charge in [0.1, 0.15) is 5.78 Å². The second-order valence-electron chi connectivity index (χ2n) is 8.43. The molecule has 0 bridgehead atoms. The molecule has 7 heteroatoms. The van der Waals surface area contributed by atoms with Crippen molar-refractivity contribution in [2.75, 3.05) is 6.54 Å². The molecule has 0 aromatic heterocycles. The molecule has 0 atom stereocenters. The van der Waals surface area contributed by atoms with Crippen molar-refractivity contribution < 1.29 is 19.2 Å². The van der Waals surface area contributed by atoms with Gasteiger partial charge >= 0.3 is 6.03 Å². The number of urea groups is 1. The summed E-state index contributed by atoms with van der Waals surface area (Å²) in [5.41, 5.74) is -0.745. The lowest BCUT2D eigenvalue weighted by molar-refractivity contribution is -0.130. The molecule has 1 aliphatic rings. The highest BCUT2D eigenvalue weighted by atomic mass is 16.2. The zero-order chi connectivity index (χ0) is 22.6. The van der Waals surface area contributed by atoms with Gasteiger partial charge in [0.15, 0.2) is 5.54 Å². The minimum atomic E-state index is -1.34. The van der Waals surface area contributed by atoms with E-state index in [4.69, 9.17) is 0 Å². The van der Waals surface area contributed by atoms with Gasteiger partial charge in [-0.1, -0.05) is 60.7 Å². The van der Waals surface area contributed by atoms with Crippen LogP contribution in [-0.4, -0.2) is 40.6 Å². The first kappa shape index (κ1) is 22.2. The van der Waals surface area contributed by atoms with Crippen molar-refractivity contribution in [1.29, 1.82) is 0 Å². The van der Waals surface area contributed by atoms with Crippen LogP contribution < -0.4 is 10.6 Å². The SMILES string of the molecule is CC(=O)CC(C)(C)NC(=O)CCN1C(=O)NC(c2ccccc2)(c2ccccc2)C1=O. The van der Waals surface area contributed by atoms with E-state index in [1.165, 1.54) is 6.92 Å². The van der Waals surface area contributed by atoms with E-state index in [9.17, 15) is 19.2 Å². The quantitative estimate of drug-likeness (QED) is 0.641. The summed E-state index contributed by atoms with van der Waals surface area (Å²) in [5.74, 6) is -0.788. The van der Waals surface area contributed by atoms with Crippen molar-refractivity contribution in [3.8, 4) is 0 Å². The Balaban J connectivity index is 1.82. The molecule has 3 rings (SSSR count). The van der Waals surface area contributed by atoms with E-state index in [-0.39, 0.29) is 31.1 Å². The molecule has 0 spiro atoms. The van der Waals surface area contributed by atoms with Crippen molar-refractivity contribution in [2.24, 2.45) is 0 Å². The van der Waals surface area contributed by atoms with Gasteiger partial charge in [-0.2, -0.15) is 0 Å². The predicted molar refractivity (Wildman–Crippen MR) is 116 cm³/mol. The maximum Gasteiger partial charge on any atom is 0.325 e. The maximum atomic E-state index is 13.5. The first-order valence-corrected chi connectivity index (χ1v) is 10.2. The van der Waals surface area contributed by atoms with Crippen LogP contribution in [0.3, 0.4) is 0 Å². The zero-order valence-electron chi connectivity index (χ0n) is 18.0. The van der Waals surface area contributed by atoms with Crippen LogP contribution in [0.15, 0.2) is 60.7 Å². The van der Waals surface area contributed by atoms with Gasteiger partial charge in [0.25, 0.3) is 5.91 Å². The second kappa shape index (κ2) is 8.71. The fourth-order valence-electron chi connectivity index (χ4n) is 4.03. The maximum absolute atomic E-state index is 13.5. The fraction of sp³-hybridized carbons (Fsp3) is 0.333. The lowest BCUT2D eigenvalue weighted by atomic mass is 9.82. The van der Waals surface area contributed by atoms with Crippen LogP contribution >= 0.6 is 0 Å². The number of carbonyl (C=O) groups is 4. The Morgan fingerprint density at radius 3 is 1.97 bits per heavy atom. The van der Waals surface area contributed by atoms with Gasteiger partial charge in [0.05, 0.1) is 0 Å². The number of nitrogens with one attached hydrogen (secondary N) is 2. The van der Waals surface area contributed by atoms with E-state index in [1.54, 1.807) is 38.1 Å². The van der Waals surface area contributed by atoms with E-state index in [1.807, 2.05) is 36.4 Å². The monoisotopic (exact) mass is 421 g/mol. The van der Waals surface area contributed by atoms with Crippen molar-refractivity contribution >= 4 is 23.6 Å². The fourth-order valence-corrected chi connectivity index (χ4v) is 4.03. The number of benzene rings is 2. The van der Waals surface area contributed by atoms with Gasteiger partial charge in [-0.15, -0.1) is 0 Å². The van der Waals surface area contributed by atoms with Crippen LogP contribution in [-0.2, 0) is 19.9 Å². The van der Waals surface area contributed by atoms with Crippen LogP contribution in [0, 0.1) is 0 Å². The standard InChI is InChI=1S/C24H27N3O4/c1-17(28)16-23(2,3)25-20(29)14-15-27-21(30)24(26-22(27)31,18-10-6-4-7-11-18)19-12-8-5-9-13-19/h4-13H,14-16H2,1-3H3,(H,25,29)(H,26,31). The van der Waals surface area contributed by atoms with Crippen LogP contribution in [0.2, 0.25) is 0 Å². The van der Waals surface area contributed by atoms with Crippen LogP contribution in [0.1, 0.15) is 44.7 Å². The molecule has 2 aromatic carbocycles. The third-order valence-electron chi connectivity index (χ3n) is 5.25. The Kier molecular flexibility index (Phi) is 6.24. The van der Waals surface area contributed by atoms with Gasteiger partial charge in [0, 0.05) is 24.9 Å². The molecule has 31 heavy (non-hydrogen) atoms. The summed E-state index contributed by atoms with van der Waals surface area (Å²) in [6.07, 6.45) is 0.146. The molecule has 1 saturated heterocycles. The predicted octanol–water partition coefficient (Wildman–Crippen LogP) is 2.75. The Hall–Kier alpha value is -3.48. The summed E-state index contributed by atoms with van der Waals surface area (Å²) >= 11 is 0. The number of ketones is 1.